The van der Waals surface area contributed by atoms with Crippen LogP contribution in [0.2, 0.25) is 0 Å². The molecule has 1 heterocycles. The molecule has 1 aliphatic carbocycles. The van der Waals surface area contributed by atoms with E-state index in [-0.39, 0.29) is 5.41 Å². The monoisotopic (exact) mass is 341 g/mol. The quantitative estimate of drug-likeness (QED) is 0.858. The van der Waals surface area contributed by atoms with Gasteiger partial charge in [0.25, 0.3) is 0 Å². The Balaban J connectivity index is 1.57. The summed E-state index contributed by atoms with van der Waals surface area (Å²) in [4.78, 5) is 2.33. The second kappa shape index (κ2) is 6.01. The van der Waals surface area contributed by atoms with E-state index in [0.717, 1.165) is 13.0 Å². The SMILES string of the molecule is O=S1(=O)CCN(C[C@H]2CC2(c2ccccc2)c2ccccc2)CC1. The summed E-state index contributed by atoms with van der Waals surface area (Å²) >= 11 is 0. The van der Waals surface area contributed by atoms with E-state index in [0.29, 0.717) is 30.5 Å². The van der Waals surface area contributed by atoms with Crippen LogP contribution >= 0.6 is 0 Å². The molecule has 0 spiro atoms. The topological polar surface area (TPSA) is 37.4 Å². The van der Waals surface area contributed by atoms with Crippen molar-refractivity contribution in [3.63, 3.8) is 0 Å². The lowest BCUT2D eigenvalue weighted by molar-refractivity contribution is 0.277. The number of hydrogen-bond acceptors (Lipinski definition) is 3. The maximum atomic E-state index is 11.6. The van der Waals surface area contributed by atoms with Crippen molar-refractivity contribution in [2.24, 2.45) is 5.92 Å². The molecule has 2 aromatic carbocycles. The second-order valence-corrected chi connectivity index (χ2v) is 9.36. The average molecular weight is 341 g/mol. The highest BCUT2D eigenvalue weighted by molar-refractivity contribution is 7.91. The normalized spacial score (nSPS) is 25.2. The predicted octanol–water partition coefficient (Wildman–Crippen LogP) is 2.72. The van der Waals surface area contributed by atoms with Gasteiger partial charge in [0.1, 0.15) is 0 Å². The standard InChI is InChI=1S/C20H23NO2S/c22-24(23)13-11-21(12-14-24)16-19-15-20(19,17-7-3-1-4-8-17)18-9-5-2-6-10-18/h1-10,19H,11-16H2/t19-/m1/s1. The van der Waals surface area contributed by atoms with Crippen LogP contribution in [0.1, 0.15) is 17.5 Å². The molecule has 2 aromatic rings. The number of nitrogens with zero attached hydrogens (tertiary/aromatic N) is 1. The minimum absolute atomic E-state index is 0.0961. The molecule has 4 heteroatoms. The number of benzene rings is 2. The Morgan fingerprint density at radius 2 is 1.38 bits per heavy atom. The molecule has 24 heavy (non-hydrogen) atoms. The fourth-order valence-corrected chi connectivity index (χ4v) is 5.42. The Kier molecular flexibility index (Phi) is 3.97. The largest absolute Gasteiger partial charge is 0.301 e. The van der Waals surface area contributed by atoms with Crippen LogP contribution in [0.5, 0.6) is 0 Å². The molecule has 126 valence electrons. The van der Waals surface area contributed by atoms with Gasteiger partial charge in [0, 0.05) is 25.0 Å². The third-order valence-corrected chi connectivity index (χ3v) is 7.21. The molecule has 0 radical (unpaired) electrons. The maximum absolute atomic E-state index is 11.6. The lowest BCUT2D eigenvalue weighted by Crippen LogP contribution is -2.41. The first-order chi connectivity index (χ1) is 11.6. The molecule has 1 saturated heterocycles. The minimum Gasteiger partial charge on any atom is -0.301 e. The maximum Gasteiger partial charge on any atom is 0.152 e. The molecule has 1 saturated carbocycles. The number of rotatable bonds is 4. The first-order valence-electron chi connectivity index (χ1n) is 8.64. The van der Waals surface area contributed by atoms with Crippen LogP contribution in [-0.2, 0) is 15.3 Å². The zero-order chi connectivity index (χ0) is 16.6. The summed E-state index contributed by atoms with van der Waals surface area (Å²) in [6, 6.07) is 21.5. The molecule has 1 aliphatic heterocycles. The zero-order valence-electron chi connectivity index (χ0n) is 13.8. The molecule has 1 atom stereocenters. The lowest BCUT2D eigenvalue weighted by Gasteiger charge is -2.28. The highest BCUT2D eigenvalue weighted by atomic mass is 32.2. The molecule has 2 aliphatic rings. The van der Waals surface area contributed by atoms with Crippen LogP contribution in [-0.4, -0.2) is 44.5 Å². The first-order valence-corrected chi connectivity index (χ1v) is 10.5. The van der Waals surface area contributed by atoms with Crippen LogP contribution in [0.15, 0.2) is 60.7 Å². The lowest BCUT2D eigenvalue weighted by atomic mass is 9.85. The molecule has 0 N–H and O–H groups in total. The average Bonchev–Trinajstić information content (AvgIpc) is 3.34. The van der Waals surface area contributed by atoms with Gasteiger partial charge in [0.2, 0.25) is 0 Å². The van der Waals surface area contributed by atoms with Gasteiger partial charge in [-0.15, -0.1) is 0 Å². The van der Waals surface area contributed by atoms with E-state index < -0.39 is 9.84 Å². The van der Waals surface area contributed by atoms with Crippen molar-refractivity contribution in [2.45, 2.75) is 11.8 Å². The molecule has 4 rings (SSSR count). The van der Waals surface area contributed by atoms with Crippen molar-refractivity contribution in [2.75, 3.05) is 31.1 Å². The van der Waals surface area contributed by atoms with Crippen molar-refractivity contribution in [3.05, 3.63) is 71.8 Å². The van der Waals surface area contributed by atoms with Gasteiger partial charge < -0.3 is 4.90 Å². The Morgan fingerprint density at radius 1 is 0.875 bits per heavy atom. The van der Waals surface area contributed by atoms with E-state index in [2.05, 4.69) is 65.6 Å². The molecule has 0 aromatic heterocycles. The van der Waals surface area contributed by atoms with Gasteiger partial charge in [-0.25, -0.2) is 8.42 Å². The van der Waals surface area contributed by atoms with Crippen molar-refractivity contribution in [1.29, 1.82) is 0 Å². The van der Waals surface area contributed by atoms with Gasteiger partial charge in [-0.3, -0.25) is 0 Å². The molecule has 2 fully saturated rings. The van der Waals surface area contributed by atoms with Crippen molar-refractivity contribution in [3.8, 4) is 0 Å². The van der Waals surface area contributed by atoms with Crippen molar-refractivity contribution >= 4 is 9.84 Å². The Morgan fingerprint density at radius 3 is 1.88 bits per heavy atom. The van der Waals surface area contributed by atoms with Crippen LogP contribution in [0.4, 0.5) is 0 Å². The summed E-state index contributed by atoms with van der Waals surface area (Å²) < 4.78 is 23.3. The number of sulfone groups is 1. The first kappa shape index (κ1) is 15.9. The molecule has 0 bridgehead atoms. The van der Waals surface area contributed by atoms with Gasteiger partial charge in [0.15, 0.2) is 9.84 Å². The zero-order valence-corrected chi connectivity index (χ0v) is 14.6. The van der Waals surface area contributed by atoms with Gasteiger partial charge in [-0.05, 0) is 23.5 Å². The van der Waals surface area contributed by atoms with E-state index in [1.165, 1.54) is 11.1 Å². The second-order valence-electron chi connectivity index (χ2n) is 7.06. The van der Waals surface area contributed by atoms with Gasteiger partial charge in [-0.1, -0.05) is 60.7 Å². The van der Waals surface area contributed by atoms with E-state index >= 15 is 0 Å². The Hall–Kier alpha value is -1.65. The van der Waals surface area contributed by atoms with Gasteiger partial charge >= 0.3 is 0 Å². The van der Waals surface area contributed by atoms with E-state index in [1.54, 1.807) is 0 Å². The fourth-order valence-electron chi connectivity index (χ4n) is 4.14. The van der Waals surface area contributed by atoms with E-state index in [9.17, 15) is 8.42 Å². The van der Waals surface area contributed by atoms with Crippen LogP contribution in [0, 0.1) is 5.92 Å². The summed E-state index contributed by atoms with van der Waals surface area (Å²) in [6.07, 6.45) is 1.14. The van der Waals surface area contributed by atoms with E-state index in [4.69, 9.17) is 0 Å². The summed E-state index contributed by atoms with van der Waals surface area (Å²) in [7, 11) is -2.81. The highest BCUT2D eigenvalue weighted by Crippen LogP contribution is 2.59. The summed E-state index contributed by atoms with van der Waals surface area (Å²) in [5, 5.41) is 0. The predicted molar refractivity (Wildman–Crippen MR) is 96.9 cm³/mol. The van der Waals surface area contributed by atoms with Crippen LogP contribution in [0.25, 0.3) is 0 Å². The van der Waals surface area contributed by atoms with Crippen molar-refractivity contribution < 1.29 is 8.42 Å². The van der Waals surface area contributed by atoms with Crippen LogP contribution in [0.3, 0.4) is 0 Å². The van der Waals surface area contributed by atoms with E-state index in [1.807, 2.05) is 0 Å². The van der Waals surface area contributed by atoms with Crippen molar-refractivity contribution in [1.82, 2.24) is 4.90 Å². The third-order valence-electron chi connectivity index (χ3n) is 5.60. The summed E-state index contributed by atoms with van der Waals surface area (Å²) in [5.74, 6) is 1.18. The minimum atomic E-state index is -2.81. The van der Waals surface area contributed by atoms with Gasteiger partial charge in [0.05, 0.1) is 11.5 Å². The Labute approximate surface area is 144 Å². The van der Waals surface area contributed by atoms with Gasteiger partial charge in [-0.2, -0.15) is 0 Å². The fraction of sp³-hybridized carbons (Fsp3) is 0.400. The third kappa shape index (κ3) is 2.89. The highest BCUT2D eigenvalue weighted by Gasteiger charge is 2.56. The molecule has 0 unspecified atom stereocenters. The molecular formula is C20H23NO2S. The molecule has 3 nitrogen and oxygen atoms in total. The number of hydrogen-bond donors (Lipinski definition) is 0. The Bertz CT molecular complexity index is 749. The van der Waals surface area contributed by atoms with Crippen LogP contribution < -0.4 is 0 Å². The smallest absolute Gasteiger partial charge is 0.152 e. The summed E-state index contributed by atoms with van der Waals surface area (Å²) in [5.41, 5.74) is 2.86. The summed E-state index contributed by atoms with van der Waals surface area (Å²) in [6.45, 7) is 2.34. The molecular weight excluding hydrogens is 318 g/mol. The molecule has 0 amide bonds.